The van der Waals surface area contributed by atoms with Gasteiger partial charge in [-0.25, -0.2) is 0 Å². The zero-order valence-corrected chi connectivity index (χ0v) is 20.4. The smallest absolute Gasteiger partial charge is 0.286 e. The third kappa shape index (κ3) is 6.74. The molecule has 8 heteroatoms. The number of amides is 2. The summed E-state index contributed by atoms with van der Waals surface area (Å²) in [6, 6.07) is 22.6. The number of carbonyl (C=O) groups excluding carboxylic acids is 2. The molecular formula is C27H26N4O3S. The zero-order chi connectivity index (χ0) is 24.6. The summed E-state index contributed by atoms with van der Waals surface area (Å²) >= 11 is 1.16. The summed E-state index contributed by atoms with van der Waals surface area (Å²) in [5.74, 6) is 0.129. The van der Waals surface area contributed by atoms with Gasteiger partial charge in [-0.05, 0) is 60.4 Å². The van der Waals surface area contributed by atoms with Crippen molar-refractivity contribution in [2.24, 2.45) is 0 Å². The summed E-state index contributed by atoms with van der Waals surface area (Å²) in [6.45, 7) is 4.75. The summed E-state index contributed by atoms with van der Waals surface area (Å²) in [7, 11) is 0. The molecule has 0 aliphatic heterocycles. The minimum absolute atomic E-state index is 0.216. The fourth-order valence-electron chi connectivity index (χ4n) is 3.35. The molecule has 178 valence electrons. The standard InChI is InChI=1S/C27H26N4O3S/c1-3-19-10-12-20(13-11-19)16-28-25(32)21-7-5-8-22(15-21)29-26(33)27-31-30-24(35-27)17-34-23-9-4-6-18(2)14-23/h4-15H,3,16-17H2,1-2H3,(H,28,32)(H,29,33). The van der Waals surface area contributed by atoms with E-state index in [1.807, 2.05) is 43.3 Å². The van der Waals surface area contributed by atoms with Crippen LogP contribution in [0.2, 0.25) is 0 Å². The molecule has 0 fully saturated rings. The molecule has 0 saturated heterocycles. The normalized spacial score (nSPS) is 10.6. The van der Waals surface area contributed by atoms with Gasteiger partial charge in [-0.2, -0.15) is 0 Å². The number of aryl methyl sites for hydroxylation is 2. The molecule has 0 saturated carbocycles. The molecule has 0 spiro atoms. The molecule has 0 atom stereocenters. The number of aromatic nitrogens is 2. The lowest BCUT2D eigenvalue weighted by Crippen LogP contribution is -2.23. The molecule has 1 aromatic heterocycles. The Balaban J connectivity index is 1.32. The Morgan fingerprint density at radius 3 is 2.46 bits per heavy atom. The van der Waals surface area contributed by atoms with Crippen LogP contribution in [-0.4, -0.2) is 22.0 Å². The molecule has 0 radical (unpaired) electrons. The maximum atomic E-state index is 12.6. The van der Waals surface area contributed by atoms with Crippen LogP contribution >= 0.6 is 11.3 Å². The molecule has 0 aliphatic carbocycles. The molecule has 7 nitrogen and oxygen atoms in total. The largest absolute Gasteiger partial charge is 0.486 e. The predicted molar refractivity (Wildman–Crippen MR) is 137 cm³/mol. The van der Waals surface area contributed by atoms with E-state index in [1.54, 1.807) is 24.3 Å². The lowest BCUT2D eigenvalue weighted by molar-refractivity contribution is 0.0949. The van der Waals surface area contributed by atoms with Crippen molar-refractivity contribution in [1.82, 2.24) is 15.5 Å². The summed E-state index contributed by atoms with van der Waals surface area (Å²) in [5, 5.41) is 14.5. The monoisotopic (exact) mass is 486 g/mol. The van der Waals surface area contributed by atoms with Crippen LogP contribution in [0.5, 0.6) is 5.75 Å². The number of hydrogen-bond donors (Lipinski definition) is 2. The number of hydrogen-bond acceptors (Lipinski definition) is 6. The highest BCUT2D eigenvalue weighted by molar-refractivity contribution is 7.13. The van der Waals surface area contributed by atoms with Crippen LogP contribution in [0, 0.1) is 6.92 Å². The van der Waals surface area contributed by atoms with Gasteiger partial charge in [0.25, 0.3) is 11.8 Å². The van der Waals surface area contributed by atoms with Crippen LogP contribution in [0.4, 0.5) is 5.69 Å². The fourth-order valence-corrected chi connectivity index (χ4v) is 4.00. The van der Waals surface area contributed by atoms with Crippen molar-refractivity contribution in [1.29, 1.82) is 0 Å². The minimum Gasteiger partial charge on any atom is -0.486 e. The molecule has 2 amide bonds. The Morgan fingerprint density at radius 1 is 0.914 bits per heavy atom. The molecule has 0 bridgehead atoms. The van der Waals surface area contributed by atoms with E-state index in [0.717, 1.165) is 34.6 Å². The second kappa shape index (κ2) is 11.4. The van der Waals surface area contributed by atoms with Crippen LogP contribution in [0.15, 0.2) is 72.8 Å². The Bertz CT molecular complexity index is 1320. The fraction of sp³-hybridized carbons (Fsp3) is 0.185. The van der Waals surface area contributed by atoms with Gasteiger partial charge in [0, 0.05) is 17.8 Å². The molecule has 4 aromatic rings. The number of ether oxygens (including phenoxy) is 1. The third-order valence-corrected chi connectivity index (χ3v) is 6.18. The summed E-state index contributed by atoms with van der Waals surface area (Å²) in [5.41, 5.74) is 4.34. The van der Waals surface area contributed by atoms with Gasteiger partial charge in [0.1, 0.15) is 12.4 Å². The second-order valence-corrected chi connectivity index (χ2v) is 9.06. The first-order chi connectivity index (χ1) is 17.0. The summed E-state index contributed by atoms with van der Waals surface area (Å²) < 4.78 is 5.72. The molecule has 3 aromatic carbocycles. The molecule has 1 heterocycles. The first-order valence-electron chi connectivity index (χ1n) is 11.3. The minimum atomic E-state index is -0.391. The van der Waals surface area contributed by atoms with Crippen LogP contribution in [0.25, 0.3) is 0 Å². The Morgan fingerprint density at radius 2 is 1.69 bits per heavy atom. The van der Waals surface area contributed by atoms with E-state index in [4.69, 9.17) is 4.74 Å². The van der Waals surface area contributed by atoms with Gasteiger partial charge >= 0.3 is 0 Å². The third-order valence-electron chi connectivity index (χ3n) is 5.28. The lowest BCUT2D eigenvalue weighted by atomic mass is 10.1. The Labute approximate surface area is 208 Å². The van der Waals surface area contributed by atoms with Crippen molar-refractivity contribution in [2.75, 3.05) is 5.32 Å². The van der Waals surface area contributed by atoms with Crippen molar-refractivity contribution in [2.45, 2.75) is 33.4 Å². The van der Waals surface area contributed by atoms with E-state index in [0.29, 0.717) is 22.8 Å². The van der Waals surface area contributed by atoms with E-state index in [-0.39, 0.29) is 17.5 Å². The van der Waals surface area contributed by atoms with Crippen molar-refractivity contribution in [3.63, 3.8) is 0 Å². The lowest BCUT2D eigenvalue weighted by Gasteiger charge is -2.08. The molecule has 35 heavy (non-hydrogen) atoms. The first-order valence-corrected chi connectivity index (χ1v) is 12.1. The average Bonchev–Trinajstić information content (AvgIpc) is 3.36. The van der Waals surface area contributed by atoms with E-state index >= 15 is 0 Å². The predicted octanol–water partition coefficient (Wildman–Crippen LogP) is 5.17. The number of benzene rings is 3. The SMILES string of the molecule is CCc1ccc(CNC(=O)c2cccc(NC(=O)c3nnc(COc4cccc(C)c4)s3)c2)cc1. The van der Waals surface area contributed by atoms with Gasteiger partial charge in [-0.1, -0.05) is 60.7 Å². The number of anilines is 1. The summed E-state index contributed by atoms with van der Waals surface area (Å²) in [6.07, 6.45) is 0.977. The Kier molecular flexibility index (Phi) is 7.84. The first kappa shape index (κ1) is 24.1. The van der Waals surface area contributed by atoms with Gasteiger partial charge in [0.05, 0.1) is 0 Å². The van der Waals surface area contributed by atoms with E-state index in [2.05, 4.69) is 39.9 Å². The van der Waals surface area contributed by atoms with Gasteiger partial charge in [0.15, 0.2) is 5.01 Å². The highest BCUT2D eigenvalue weighted by Gasteiger charge is 2.15. The maximum absolute atomic E-state index is 12.6. The van der Waals surface area contributed by atoms with Gasteiger partial charge < -0.3 is 15.4 Å². The van der Waals surface area contributed by atoms with E-state index in [1.165, 1.54) is 5.56 Å². The van der Waals surface area contributed by atoms with Gasteiger partial charge in [0.2, 0.25) is 5.01 Å². The topological polar surface area (TPSA) is 93.2 Å². The maximum Gasteiger partial charge on any atom is 0.286 e. The molecule has 2 N–H and O–H groups in total. The number of carbonyl (C=O) groups is 2. The number of nitrogens with zero attached hydrogens (tertiary/aromatic N) is 2. The molecular weight excluding hydrogens is 460 g/mol. The van der Waals surface area contributed by atoms with Crippen LogP contribution in [0.1, 0.15) is 48.8 Å². The van der Waals surface area contributed by atoms with Crippen molar-refractivity contribution >= 4 is 28.8 Å². The highest BCUT2D eigenvalue weighted by Crippen LogP contribution is 2.18. The quantitative estimate of drug-likeness (QED) is 0.340. The van der Waals surface area contributed by atoms with E-state index < -0.39 is 5.91 Å². The van der Waals surface area contributed by atoms with E-state index in [9.17, 15) is 9.59 Å². The van der Waals surface area contributed by atoms with Crippen molar-refractivity contribution in [3.05, 3.63) is 105 Å². The number of rotatable bonds is 9. The molecule has 0 aliphatic rings. The zero-order valence-electron chi connectivity index (χ0n) is 19.6. The van der Waals surface area contributed by atoms with Crippen LogP contribution in [0.3, 0.4) is 0 Å². The van der Waals surface area contributed by atoms with Gasteiger partial charge in [-0.3, -0.25) is 9.59 Å². The molecule has 4 rings (SSSR count). The van der Waals surface area contributed by atoms with Crippen molar-refractivity contribution < 1.29 is 14.3 Å². The highest BCUT2D eigenvalue weighted by atomic mass is 32.1. The Hall–Kier alpha value is -4.04. The summed E-state index contributed by atoms with van der Waals surface area (Å²) in [4.78, 5) is 25.3. The van der Waals surface area contributed by atoms with Gasteiger partial charge in [-0.15, -0.1) is 10.2 Å². The second-order valence-electron chi connectivity index (χ2n) is 7.99. The van der Waals surface area contributed by atoms with Crippen molar-refractivity contribution in [3.8, 4) is 5.75 Å². The molecule has 0 unspecified atom stereocenters. The average molecular weight is 487 g/mol. The number of nitrogens with one attached hydrogen (secondary N) is 2. The van der Waals surface area contributed by atoms with Crippen LogP contribution < -0.4 is 15.4 Å². The van der Waals surface area contributed by atoms with Crippen LogP contribution in [-0.2, 0) is 19.6 Å².